The Kier molecular flexibility index (Phi) is 14.0. The van der Waals surface area contributed by atoms with Gasteiger partial charge in [0.1, 0.15) is 0 Å². The number of nitrogens with one attached hydrogen (secondary N) is 2. The summed E-state index contributed by atoms with van der Waals surface area (Å²) >= 11 is 0. The number of rotatable bonds is 4. The van der Waals surface area contributed by atoms with Crippen LogP contribution in [-0.2, 0) is 19.5 Å². The van der Waals surface area contributed by atoms with Crippen LogP contribution < -0.4 is 0 Å². The number of H-pyrrole nitrogens is 2. The Morgan fingerprint density at radius 1 is 0.442 bits per heavy atom. The topological polar surface area (TPSA) is 190 Å². The molecule has 2 heterocycles. The first-order valence-electron chi connectivity index (χ1n) is 12.3. The molecule has 0 bridgehead atoms. The second-order valence-corrected chi connectivity index (χ2v) is 8.16. The maximum atomic E-state index is 8.25. The molecule has 4 aromatic carbocycles. The van der Waals surface area contributed by atoms with Gasteiger partial charge in [-0.3, -0.25) is 0 Å². The fourth-order valence-electron chi connectivity index (χ4n) is 3.87. The summed E-state index contributed by atoms with van der Waals surface area (Å²) in [6.45, 7) is 0. The number of imidazole rings is 2. The average Bonchev–Trinajstić information content (AvgIpc) is 3.70. The van der Waals surface area contributed by atoms with E-state index in [2.05, 4.69) is 68.5 Å². The molecule has 2 N–H and O–H groups in total. The molecule has 0 unspecified atom stereocenters. The molecule has 2 aromatic heterocycles. The maximum Gasteiger partial charge on any atom is 2.00 e. The van der Waals surface area contributed by atoms with Crippen LogP contribution in [0.2, 0.25) is 0 Å². The van der Waals surface area contributed by atoms with Crippen LogP contribution >= 0.6 is 0 Å². The summed E-state index contributed by atoms with van der Waals surface area (Å²) in [5.74, 6) is 0. The average molecular weight is 630 g/mol. The Hall–Kier alpha value is -5.68. The Bertz CT molecular complexity index is 1410. The van der Waals surface area contributed by atoms with E-state index in [9.17, 15) is 0 Å². The smallest absolute Gasteiger partial charge is 0.356 e. The first-order chi connectivity index (χ1) is 20.4. The van der Waals surface area contributed by atoms with Crippen molar-refractivity contribution in [1.82, 2.24) is 19.9 Å². The first-order valence-corrected chi connectivity index (χ1v) is 12.3. The maximum absolute atomic E-state index is 8.25. The Morgan fingerprint density at radius 3 is 0.930 bits per heavy atom. The molecule has 0 fully saturated rings. The van der Waals surface area contributed by atoms with Gasteiger partial charge in [-0.1, -0.05) is 121 Å². The van der Waals surface area contributed by atoms with Crippen LogP contribution in [0.15, 0.2) is 134 Å². The van der Waals surface area contributed by atoms with Crippen molar-refractivity contribution in [3.05, 3.63) is 165 Å². The number of hydrogen-bond donors (Lipinski definition) is 2. The van der Waals surface area contributed by atoms with Crippen LogP contribution in [0.1, 0.15) is 0 Å². The summed E-state index contributed by atoms with van der Waals surface area (Å²) in [7, 11) is 0. The second kappa shape index (κ2) is 17.9. The number of nitrogens with zero attached hydrogens (tertiary/aromatic N) is 4. The van der Waals surface area contributed by atoms with Gasteiger partial charge in [0.2, 0.25) is 0 Å². The monoisotopic (exact) mass is 628 g/mol. The predicted octanol–water partition coefficient (Wildman–Crippen LogP) is 7.01. The molecule has 0 aliphatic carbocycles. The molecule has 43 heavy (non-hydrogen) atoms. The summed E-state index contributed by atoms with van der Waals surface area (Å²) in [5.41, 5.74) is 8.70. The van der Waals surface area contributed by atoms with Crippen molar-refractivity contribution in [1.29, 1.82) is 0 Å². The zero-order valence-electron chi connectivity index (χ0n) is 22.6. The van der Waals surface area contributed by atoms with E-state index in [1.807, 2.05) is 72.8 Å². The minimum Gasteiger partial charge on any atom is -0.356 e. The van der Waals surface area contributed by atoms with Gasteiger partial charge in [-0.25, -0.2) is 9.97 Å². The summed E-state index contributed by atoms with van der Waals surface area (Å²) < 4.78 is 0. The third-order valence-corrected chi connectivity index (χ3v) is 5.50. The van der Waals surface area contributed by atoms with Gasteiger partial charge in [-0.2, -0.15) is 0 Å². The number of aromatic nitrogens is 4. The summed E-state index contributed by atoms with van der Waals surface area (Å²) in [4.78, 5) is 31.7. The van der Waals surface area contributed by atoms with Crippen LogP contribution in [0.25, 0.3) is 45.0 Å². The van der Waals surface area contributed by atoms with E-state index in [4.69, 9.17) is 30.6 Å². The number of aromatic amines is 2. The van der Waals surface area contributed by atoms with Crippen LogP contribution in [0.5, 0.6) is 0 Å². The van der Waals surface area contributed by atoms with Crippen molar-refractivity contribution < 1.29 is 29.7 Å². The standard InChI is InChI=1S/2C15H12N2.2NO3.Zn/c2*1-3-7-12(8-4-1)14-15(17-11-16-14)13-9-5-2-6-10-13;2*2-1(3)4;/h2*1-11H,(H,16,17);;;/q;;2*-1;+2. The van der Waals surface area contributed by atoms with Crippen LogP contribution in [-0.4, -0.2) is 30.1 Å². The van der Waals surface area contributed by atoms with Gasteiger partial charge >= 0.3 is 19.5 Å². The fraction of sp³-hybridized carbons (Fsp3) is 0. The fourth-order valence-corrected chi connectivity index (χ4v) is 3.87. The van der Waals surface area contributed by atoms with Gasteiger partial charge in [0.05, 0.1) is 45.6 Å². The molecule has 0 aliphatic heterocycles. The van der Waals surface area contributed by atoms with Gasteiger partial charge in [-0.05, 0) is 0 Å². The quantitative estimate of drug-likeness (QED) is 0.118. The van der Waals surface area contributed by atoms with Crippen molar-refractivity contribution >= 4 is 0 Å². The Morgan fingerprint density at radius 2 is 0.674 bits per heavy atom. The first kappa shape index (κ1) is 33.5. The molecule has 0 amide bonds. The van der Waals surface area contributed by atoms with E-state index in [0.29, 0.717) is 0 Å². The molecule has 0 radical (unpaired) electrons. The third-order valence-electron chi connectivity index (χ3n) is 5.50. The van der Waals surface area contributed by atoms with Crippen molar-refractivity contribution in [3.8, 4) is 45.0 Å². The van der Waals surface area contributed by atoms with Crippen molar-refractivity contribution in [2.24, 2.45) is 0 Å². The van der Waals surface area contributed by atoms with Crippen LogP contribution in [0.3, 0.4) is 0 Å². The normalized spacial score (nSPS) is 9.30. The van der Waals surface area contributed by atoms with Gasteiger partial charge in [0.25, 0.3) is 0 Å². The molecule has 0 atom stereocenters. The zero-order valence-corrected chi connectivity index (χ0v) is 25.6. The van der Waals surface area contributed by atoms with Crippen molar-refractivity contribution in [2.75, 3.05) is 0 Å². The SMILES string of the molecule is O=[N+]([O-])[O-].O=[N+]([O-])[O-].[Zn+2].c1ccc(-c2nc[nH]c2-c2ccccc2)cc1.c1ccc(-c2nc[nH]c2-c2ccccc2)cc1. The Labute approximate surface area is 258 Å². The molecule has 6 aromatic rings. The molecule has 13 heteroatoms. The summed E-state index contributed by atoms with van der Waals surface area (Å²) in [5, 5.41) is 29.5. The van der Waals surface area contributed by atoms with Gasteiger partial charge < -0.3 is 40.6 Å². The number of hydrogen-bond acceptors (Lipinski definition) is 8. The van der Waals surface area contributed by atoms with Crippen molar-refractivity contribution in [3.63, 3.8) is 0 Å². The van der Waals surface area contributed by atoms with Crippen molar-refractivity contribution in [2.45, 2.75) is 0 Å². The number of benzene rings is 4. The van der Waals surface area contributed by atoms with Gasteiger partial charge in [0.15, 0.2) is 0 Å². The summed E-state index contributed by atoms with van der Waals surface area (Å²) in [6.07, 6.45) is 3.48. The second-order valence-electron chi connectivity index (χ2n) is 8.16. The molecule has 212 valence electrons. The van der Waals surface area contributed by atoms with E-state index in [0.717, 1.165) is 45.0 Å². The Balaban J connectivity index is 0.000000237. The molecule has 0 spiro atoms. The molecule has 12 nitrogen and oxygen atoms in total. The minimum atomic E-state index is -1.75. The third kappa shape index (κ3) is 11.0. The largest absolute Gasteiger partial charge is 2.00 e. The zero-order chi connectivity index (χ0) is 30.2. The minimum absolute atomic E-state index is 0. The van der Waals surface area contributed by atoms with Crippen LogP contribution in [0, 0.1) is 30.6 Å². The van der Waals surface area contributed by atoms with Gasteiger partial charge in [0, 0.05) is 22.3 Å². The van der Waals surface area contributed by atoms with E-state index >= 15 is 0 Å². The van der Waals surface area contributed by atoms with Gasteiger partial charge in [-0.15, -0.1) is 0 Å². The van der Waals surface area contributed by atoms with E-state index in [-0.39, 0.29) is 19.5 Å². The van der Waals surface area contributed by atoms with E-state index in [1.165, 1.54) is 0 Å². The van der Waals surface area contributed by atoms with Crippen LogP contribution in [0.4, 0.5) is 0 Å². The van der Waals surface area contributed by atoms with E-state index in [1.54, 1.807) is 12.7 Å². The molecule has 6 rings (SSSR count). The molecular formula is C30H24N6O6Zn. The molecule has 0 aliphatic rings. The summed E-state index contributed by atoms with van der Waals surface area (Å²) in [6, 6.07) is 40.9. The molecule has 0 saturated heterocycles. The van der Waals surface area contributed by atoms with E-state index < -0.39 is 10.2 Å². The molecule has 0 saturated carbocycles. The predicted molar refractivity (Wildman–Crippen MR) is 160 cm³/mol. The molecular weight excluding hydrogens is 606 g/mol.